The zero-order valence-electron chi connectivity index (χ0n) is 19.8. The molecule has 1 aliphatic carbocycles. The fraction of sp³-hybridized carbons (Fsp3) is 0.538. The van der Waals surface area contributed by atoms with Crippen molar-refractivity contribution in [1.82, 2.24) is 0 Å². The smallest absolute Gasteiger partial charge is 0.191 e. The van der Waals surface area contributed by atoms with E-state index in [1.807, 2.05) is 43.3 Å². The molecular formula is C26H37FO3Si. The largest absolute Gasteiger partial charge is 0.491 e. The van der Waals surface area contributed by atoms with Crippen LogP contribution in [0.2, 0.25) is 18.1 Å². The van der Waals surface area contributed by atoms with Crippen LogP contribution in [0.25, 0.3) is 0 Å². The molecule has 0 aromatic heterocycles. The van der Waals surface area contributed by atoms with E-state index in [-0.39, 0.29) is 17.0 Å². The van der Waals surface area contributed by atoms with Gasteiger partial charge in [-0.3, -0.25) is 0 Å². The molecule has 3 nitrogen and oxygen atoms in total. The van der Waals surface area contributed by atoms with Crippen LogP contribution in [0.15, 0.2) is 42.5 Å². The molecule has 2 aromatic rings. The van der Waals surface area contributed by atoms with Gasteiger partial charge in [0.2, 0.25) is 0 Å². The van der Waals surface area contributed by atoms with Crippen LogP contribution in [0.5, 0.6) is 5.75 Å². The number of halogens is 1. The van der Waals surface area contributed by atoms with Gasteiger partial charge in [0, 0.05) is 12.7 Å². The van der Waals surface area contributed by atoms with Crippen LogP contribution in [0.4, 0.5) is 4.39 Å². The number of benzene rings is 2. The van der Waals surface area contributed by atoms with Crippen molar-refractivity contribution in [1.29, 1.82) is 0 Å². The van der Waals surface area contributed by atoms with Gasteiger partial charge in [0.25, 0.3) is 0 Å². The van der Waals surface area contributed by atoms with E-state index in [9.17, 15) is 4.39 Å². The second-order valence-corrected chi connectivity index (χ2v) is 15.1. The van der Waals surface area contributed by atoms with Gasteiger partial charge in [-0.1, -0.05) is 51.1 Å². The molecule has 3 rings (SSSR count). The lowest BCUT2D eigenvalue weighted by molar-refractivity contribution is 0.0213. The molecule has 0 radical (unpaired) electrons. The number of rotatable bonds is 9. The highest BCUT2D eigenvalue weighted by molar-refractivity contribution is 6.74. The van der Waals surface area contributed by atoms with E-state index < -0.39 is 8.32 Å². The Morgan fingerprint density at radius 2 is 1.81 bits per heavy atom. The summed E-state index contributed by atoms with van der Waals surface area (Å²) in [5.74, 6) is 0.750. The summed E-state index contributed by atoms with van der Waals surface area (Å²) in [6.07, 6.45) is 1.51. The van der Waals surface area contributed by atoms with Crippen LogP contribution in [-0.2, 0) is 28.6 Å². The van der Waals surface area contributed by atoms with Gasteiger partial charge in [-0.25, -0.2) is 4.39 Å². The second kappa shape index (κ2) is 9.84. The third-order valence-electron chi connectivity index (χ3n) is 6.61. The fourth-order valence-corrected chi connectivity index (χ4v) is 4.65. The second-order valence-electron chi connectivity index (χ2n) is 10.3. The Bertz CT molecular complexity index is 861. The van der Waals surface area contributed by atoms with E-state index in [4.69, 9.17) is 13.9 Å². The molecule has 0 N–H and O–H groups in total. The molecule has 2 atom stereocenters. The molecule has 0 spiro atoms. The first kappa shape index (κ1) is 24.0. The van der Waals surface area contributed by atoms with Gasteiger partial charge >= 0.3 is 0 Å². The van der Waals surface area contributed by atoms with Gasteiger partial charge < -0.3 is 13.9 Å². The lowest BCUT2D eigenvalue weighted by atomic mass is 10.1. The van der Waals surface area contributed by atoms with Crippen molar-refractivity contribution in [3.8, 4) is 5.75 Å². The maximum Gasteiger partial charge on any atom is 0.191 e. The van der Waals surface area contributed by atoms with E-state index in [2.05, 4.69) is 33.9 Å². The number of hydrogen-bond acceptors (Lipinski definition) is 3. The first-order valence-electron chi connectivity index (χ1n) is 11.3. The van der Waals surface area contributed by atoms with E-state index >= 15 is 0 Å². The van der Waals surface area contributed by atoms with Crippen molar-refractivity contribution in [3.05, 3.63) is 65.0 Å². The number of hydrogen-bond donors (Lipinski definition) is 0. The van der Waals surface area contributed by atoms with Crippen LogP contribution in [0.3, 0.4) is 0 Å². The van der Waals surface area contributed by atoms with E-state index in [1.165, 1.54) is 6.07 Å². The lowest BCUT2D eigenvalue weighted by Crippen LogP contribution is -2.42. The molecule has 31 heavy (non-hydrogen) atoms. The van der Waals surface area contributed by atoms with Gasteiger partial charge in [-0.15, -0.1) is 0 Å². The monoisotopic (exact) mass is 444 g/mol. The molecule has 170 valence electrons. The van der Waals surface area contributed by atoms with Crippen molar-refractivity contribution < 1.29 is 18.3 Å². The van der Waals surface area contributed by atoms with Crippen LogP contribution in [-0.4, -0.2) is 27.6 Å². The molecule has 0 saturated carbocycles. The topological polar surface area (TPSA) is 27.7 Å². The highest BCUT2D eigenvalue weighted by Gasteiger charge is 2.38. The normalized spacial score (nSPS) is 17.5. The third-order valence-corrected chi connectivity index (χ3v) is 11.1. The van der Waals surface area contributed by atoms with Crippen molar-refractivity contribution in [2.24, 2.45) is 5.92 Å². The highest BCUT2D eigenvalue weighted by Crippen LogP contribution is 2.38. The van der Waals surface area contributed by atoms with E-state index in [1.54, 1.807) is 0 Å². The number of ether oxygens (including phenoxy) is 2. The van der Waals surface area contributed by atoms with E-state index in [0.29, 0.717) is 31.5 Å². The Hall–Kier alpha value is -1.69. The molecule has 0 fully saturated rings. The molecule has 2 unspecified atom stereocenters. The van der Waals surface area contributed by atoms with E-state index in [0.717, 1.165) is 29.5 Å². The zero-order chi connectivity index (χ0) is 22.6. The van der Waals surface area contributed by atoms with Gasteiger partial charge in [0.05, 0.1) is 12.7 Å². The minimum atomic E-state index is -1.79. The third kappa shape index (κ3) is 6.40. The standard InChI is InChI=1S/C26H37FO3Si/c1-19(28-17-20-10-8-7-9-11-20)16-29-23-14-22-12-21(13-24(22)25(27)15-23)18-30-31(5,6)26(2,3)4/h7-11,14-15,19,21H,12-13,16-18H2,1-6H3. The first-order valence-corrected chi connectivity index (χ1v) is 14.2. The quantitative estimate of drug-likeness (QED) is 0.411. The summed E-state index contributed by atoms with van der Waals surface area (Å²) in [5, 5.41) is 0.185. The van der Waals surface area contributed by atoms with Crippen molar-refractivity contribution in [3.63, 3.8) is 0 Å². The maximum atomic E-state index is 14.7. The molecule has 0 bridgehead atoms. The van der Waals surface area contributed by atoms with Gasteiger partial charge in [0.15, 0.2) is 8.32 Å². The summed E-state index contributed by atoms with van der Waals surface area (Å²) >= 11 is 0. The van der Waals surface area contributed by atoms with Gasteiger partial charge in [0.1, 0.15) is 18.2 Å². The molecular weight excluding hydrogens is 407 g/mol. The Morgan fingerprint density at radius 1 is 1.10 bits per heavy atom. The Kier molecular flexibility index (Phi) is 7.61. The minimum Gasteiger partial charge on any atom is -0.491 e. The van der Waals surface area contributed by atoms with Gasteiger partial charge in [-0.05, 0) is 66.6 Å². The Balaban J connectivity index is 1.51. The summed E-state index contributed by atoms with van der Waals surface area (Å²) in [7, 11) is -1.79. The fourth-order valence-electron chi connectivity index (χ4n) is 3.57. The van der Waals surface area contributed by atoms with Crippen molar-refractivity contribution in [2.75, 3.05) is 13.2 Å². The predicted molar refractivity (Wildman–Crippen MR) is 127 cm³/mol. The minimum absolute atomic E-state index is 0.0812. The highest BCUT2D eigenvalue weighted by atomic mass is 28.4. The average molecular weight is 445 g/mol. The summed E-state index contributed by atoms with van der Waals surface area (Å²) in [4.78, 5) is 0. The van der Waals surface area contributed by atoms with Gasteiger partial charge in [-0.2, -0.15) is 0 Å². The molecule has 1 aliphatic rings. The SMILES string of the molecule is CC(COc1cc(F)c2c(c1)CC(CO[Si](C)(C)C(C)(C)C)C2)OCc1ccccc1. The zero-order valence-corrected chi connectivity index (χ0v) is 20.8. The lowest BCUT2D eigenvalue weighted by Gasteiger charge is -2.37. The maximum absolute atomic E-state index is 14.7. The van der Waals surface area contributed by atoms with Crippen LogP contribution >= 0.6 is 0 Å². The molecule has 5 heteroatoms. The molecule has 2 aromatic carbocycles. The Morgan fingerprint density at radius 3 is 2.48 bits per heavy atom. The van der Waals surface area contributed by atoms with Crippen LogP contribution in [0.1, 0.15) is 44.4 Å². The Labute approximate surface area is 188 Å². The summed E-state index contributed by atoms with van der Waals surface area (Å²) in [5.41, 5.74) is 3.00. The number of fused-ring (bicyclic) bond motifs is 1. The molecule has 0 saturated heterocycles. The summed E-state index contributed by atoms with van der Waals surface area (Å²) in [6, 6.07) is 13.6. The predicted octanol–water partition coefficient (Wildman–Crippen LogP) is 6.55. The first-order chi connectivity index (χ1) is 14.5. The van der Waals surface area contributed by atoms with Crippen molar-refractivity contribution >= 4 is 8.32 Å². The van der Waals surface area contributed by atoms with Crippen LogP contribution in [0, 0.1) is 11.7 Å². The average Bonchev–Trinajstić information content (AvgIpc) is 3.13. The summed E-state index contributed by atoms with van der Waals surface area (Å²) in [6.45, 7) is 14.9. The van der Waals surface area contributed by atoms with Crippen molar-refractivity contribution in [2.45, 2.75) is 71.4 Å². The molecule has 0 aliphatic heterocycles. The molecule has 0 amide bonds. The van der Waals surface area contributed by atoms with Crippen LogP contribution < -0.4 is 4.74 Å². The summed E-state index contributed by atoms with van der Waals surface area (Å²) < 4.78 is 32.8. The molecule has 0 heterocycles.